The molecule has 0 aromatic heterocycles. The molecule has 5 N–H and O–H groups in total. The Bertz CT molecular complexity index is 168. The minimum Gasteiger partial charge on any atom is -0.369 e. The summed E-state index contributed by atoms with van der Waals surface area (Å²) < 4.78 is 0. The average Bonchev–Trinajstić information content (AvgIpc) is 2.03. The summed E-state index contributed by atoms with van der Waals surface area (Å²) in [5, 5.41) is 0. The zero-order chi connectivity index (χ0) is 8.69. The Morgan fingerprint density at radius 3 is 2.82 bits per heavy atom. The van der Waals surface area contributed by atoms with Crippen molar-refractivity contribution in [1.29, 1.82) is 0 Å². The Labute approximate surface area is 67.0 Å². The summed E-state index contributed by atoms with van der Waals surface area (Å²) in [4.78, 5) is 3.93. The van der Waals surface area contributed by atoms with Crippen molar-refractivity contribution in [2.75, 3.05) is 0 Å². The molecular weight excluding hydrogens is 140 g/mol. The minimum absolute atomic E-state index is 0.156. The third-order valence-electron chi connectivity index (χ3n) is 1.20. The SMILES string of the molecule is C#CC(CCC)N=C(N)NN. The van der Waals surface area contributed by atoms with Crippen molar-refractivity contribution >= 4 is 5.96 Å². The van der Waals surface area contributed by atoms with Crippen LogP contribution in [0, 0.1) is 12.3 Å². The molecule has 4 heteroatoms. The van der Waals surface area contributed by atoms with Crippen molar-refractivity contribution in [1.82, 2.24) is 5.43 Å². The topological polar surface area (TPSA) is 76.4 Å². The molecule has 1 unspecified atom stereocenters. The fourth-order valence-corrected chi connectivity index (χ4v) is 0.664. The van der Waals surface area contributed by atoms with E-state index in [0.717, 1.165) is 12.8 Å². The van der Waals surface area contributed by atoms with Gasteiger partial charge < -0.3 is 5.73 Å². The molecule has 0 radical (unpaired) electrons. The molecule has 4 nitrogen and oxygen atoms in total. The highest BCUT2D eigenvalue weighted by atomic mass is 15.3. The van der Waals surface area contributed by atoms with Crippen molar-refractivity contribution < 1.29 is 0 Å². The van der Waals surface area contributed by atoms with Crippen molar-refractivity contribution in [2.24, 2.45) is 16.6 Å². The highest BCUT2D eigenvalue weighted by molar-refractivity contribution is 5.77. The maximum Gasteiger partial charge on any atom is 0.204 e. The monoisotopic (exact) mass is 154 g/mol. The van der Waals surface area contributed by atoms with Crippen LogP contribution in [0.25, 0.3) is 0 Å². The summed E-state index contributed by atoms with van der Waals surface area (Å²) >= 11 is 0. The van der Waals surface area contributed by atoms with Crippen LogP contribution in [0.3, 0.4) is 0 Å². The summed E-state index contributed by atoms with van der Waals surface area (Å²) in [5.41, 5.74) is 7.52. The van der Waals surface area contributed by atoms with Gasteiger partial charge in [-0.2, -0.15) is 0 Å². The molecule has 0 aromatic carbocycles. The standard InChI is InChI=1S/C7H14N4/c1-3-5-6(4-2)10-7(8)11-9/h2,6H,3,5,9H2,1H3,(H3,8,10,11). The number of hydrogen-bond donors (Lipinski definition) is 3. The molecule has 1 atom stereocenters. The third kappa shape index (κ3) is 4.23. The van der Waals surface area contributed by atoms with Gasteiger partial charge in [0.15, 0.2) is 0 Å². The fourth-order valence-electron chi connectivity index (χ4n) is 0.664. The van der Waals surface area contributed by atoms with Crippen LogP contribution in [0.1, 0.15) is 19.8 Å². The van der Waals surface area contributed by atoms with Crippen molar-refractivity contribution in [3.63, 3.8) is 0 Å². The Hall–Kier alpha value is -1.21. The van der Waals surface area contributed by atoms with E-state index in [1.807, 2.05) is 6.92 Å². The van der Waals surface area contributed by atoms with Gasteiger partial charge in [-0.05, 0) is 6.42 Å². The maximum absolute atomic E-state index is 5.30. The van der Waals surface area contributed by atoms with Crippen molar-refractivity contribution in [3.8, 4) is 12.3 Å². The molecule has 0 aliphatic rings. The molecule has 0 heterocycles. The molecule has 0 spiro atoms. The fraction of sp³-hybridized carbons (Fsp3) is 0.571. The summed E-state index contributed by atoms with van der Waals surface area (Å²) in [7, 11) is 0. The lowest BCUT2D eigenvalue weighted by Gasteiger charge is -2.04. The van der Waals surface area contributed by atoms with Gasteiger partial charge in [-0.3, -0.25) is 5.43 Å². The third-order valence-corrected chi connectivity index (χ3v) is 1.20. The summed E-state index contributed by atoms with van der Waals surface area (Å²) in [6, 6.07) is -0.156. The first-order valence-corrected chi connectivity index (χ1v) is 3.50. The van der Waals surface area contributed by atoms with Crippen LogP contribution in [0.2, 0.25) is 0 Å². The van der Waals surface area contributed by atoms with Crippen LogP contribution in [0.4, 0.5) is 0 Å². The molecule has 62 valence electrons. The number of terminal acetylenes is 1. The molecule has 0 amide bonds. The normalized spacial score (nSPS) is 13.7. The first-order valence-electron chi connectivity index (χ1n) is 3.50. The Kier molecular flexibility index (Phi) is 4.95. The molecule has 0 saturated carbocycles. The largest absolute Gasteiger partial charge is 0.369 e. The van der Waals surface area contributed by atoms with Gasteiger partial charge >= 0.3 is 0 Å². The molecule has 0 bridgehead atoms. The molecule has 0 fully saturated rings. The lowest BCUT2D eigenvalue weighted by Crippen LogP contribution is -2.38. The number of rotatable bonds is 3. The predicted molar refractivity (Wildman–Crippen MR) is 46.5 cm³/mol. The lowest BCUT2D eigenvalue weighted by atomic mass is 10.2. The smallest absolute Gasteiger partial charge is 0.204 e. The number of nitrogens with zero attached hydrogens (tertiary/aromatic N) is 1. The summed E-state index contributed by atoms with van der Waals surface area (Å²) in [5.74, 6) is 7.68. The number of nitrogens with one attached hydrogen (secondary N) is 1. The van der Waals surface area contributed by atoms with Gasteiger partial charge in [0.05, 0.1) is 0 Å². The van der Waals surface area contributed by atoms with Gasteiger partial charge in [0, 0.05) is 0 Å². The van der Waals surface area contributed by atoms with E-state index in [2.05, 4.69) is 16.3 Å². The quantitative estimate of drug-likeness (QED) is 0.170. The van der Waals surface area contributed by atoms with Crippen LogP contribution in [-0.4, -0.2) is 12.0 Å². The van der Waals surface area contributed by atoms with E-state index in [9.17, 15) is 0 Å². The van der Waals surface area contributed by atoms with Gasteiger partial charge in [-0.15, -0.1) is 6.42 Å². The van der Waals surface area contributed by atoms with Gasteiger partial charge in [-0.25, -0.2) is 10.8 Å². The minimum atomic E-state index is -0.156. The second-order valence-corrected chi connectivity index (χ2v) is 2.13. The molecule has 0 saturated heterocycles. The van der Waals surface area contributed by atoms with Crippen LogP contribution < -0.4 is 17.0 Å². The van der Waals surface area contributed by atoms with Crippen LogP contribution >= 0.6 is 0 Å². The summed E-state index contributed by atoms with van der Waals surface area (Å²) in [6.45, 7) is 2.03. The highest BCUT2D eigenvalue weighted by Gasteiger charge is 1.99. The maximum atomic E-state index is 5.30. The first-order chi connectivity index (χ1) is 5.24. The van der Waals surface area contributed by atoms with Crippen LogP contribution in [-0.2, 0) is 0 Å². The van der Waals surface area contributed by atoms with E-state index >= 15 is 0 Å². The number of hydrazine groups is 1. The van der Waals surface area contributed by atoms with Gasteiger partial charge in [0.2, 0.25) is 5.96 Å². The Balaban J connectivity index is 3.97. The highest BCUT2D eigenvalue weighted by Crippen LogP contribution is 1.98. The van der Waals surface area contributed by atoms with E-state index in [1.54, 1.807) is 0 Å². The van der Waals surface area contributed by atoms with Gasteiger partial charge in [-0.1, -0.05) is 19.3 Å². The van der Waals surface area contributed by atoms with Gasteiger partial charge in [0.25, 0.3) is 0 Å². The molecule has 0 rings (SSSR count). The average molecular weight is 154 g/mol. The van der Waals surface area contributed by atoms with E-state index < -0.39 is 0 Å². The number of hydrogen-bond acceptors (Lipinski definition) is 2. The molecule has 0 aliphatic carbocycles. The zero-order valence-electron chi connectivity index (χ0n) is 6.67. The summed E-state index contributed by atoms with van der Waals surface area (Å²) in [6.07, 6.45) is 7.00. The van der Waals surface area contributed by atoms with E-state index in [1.165, 1.54) is 0 Å². The van der Waals surface area contributed by atoms with Crippen LogP contribution in [0.15, 0.2) is 4.99 Å². The second kappa shape index (κ2) is 5.57. The Morgan fingerprint density at radius 1 is 1.82 bits per heavy atom. The molecule has 0 aromatic rings. The predicted octanol–water partition coefficient (Wildman–Crippen LogP) is -0.434. The van der Waals surface area contributed by atoms with E-state index in [0.29, 0.717) is 0 Å². The number of guanidine groups is 1. The van der Waals surface area contributed by atoms with E-state index in [-0.39, 0.29) is 12.0 Å². The second-order valence-electron chi connectivity index (χ2n) is 2.13. The molecule has 0 aliphatic heterocycles. The lowest BCUT2D eigenvalue weighted by molar-refractivity contribution is 0.716. The molecule has 11 heavy (non-hydrogen) atoms. The van der Waals surface area contributed by atoms with Crippen molar-refractivity contribution in [2.45, 2.75) is 25.8 Å². The van der Waals surface area contributed by atoms with Gasteiger partial charge in [0.1, 0.15) is 6.04 Å². The van der Waals surface area contributed by atoms with Crippen LogP contribution in [0.5, 0.6) is 0 Å². The van der Waals surface area contributed by atoms with E-state index in [4.69, 9.17) is 18.0 Å². The molecular formula is C7H14N4. The Morgan fingerprint density at radius 2 is 2.45 bits per heavy atom. The first kappa shape index (κ1) is 9.79. The number of nitrogens with two attached hydrogens (primary N) is 2. The zero-order valence-corrected chi connectivity index (χ0v) is 6.67. The number of aliphatic imine (C=N–C) groups is 1. The van der Waals surface area contributed by atoms with Crippen molar-refractivity contribution in [3.05, 3.63) is 0 Å².